The first-order chi connectivity index (χ1) is 13.6. The van der Waals surface area contributed by atoms with Gasteiger partial charge in [-0.1, -0.05) is 60.7 Å². The minimum absolute atomic E-state index is 0.148. The molecular weight excluding hydrogens is 350 g/mol. The van der Waals surface area contributed by atoms with Crippen LogP contribution in [0.25, 0.3) is 6.08 Å². The number of anilines is 1. The van der Waals surface area contributed by atoms with Crippen LogP contribution in [-0.4, -0.2) is 11.7 Å². The largest absolute Gasteiger partial charge is 0.488 e. The molecule has 0 radical (unpaired) electrons. The first kappa shape index (κ1) is 19.1. The first-order valence-electron chi connectivity index (χ1n) is 8.97. The van der Waals surface area contributed by atoms with E-state index in [1.165, 1.54) is 13.0 Å². The predicted molar refractivity (Wildman–Crippen MR) is 111 cm³/mol. The Morgan fingerprint density at radius 3 is 2.46 bits per heavy atom. The molecule has 3 aromatic rings. The van der Waals surface area contributed by atoms with Gasteiger partial charge in [0.15, 0.2) is 5.78 Å². The van der Waals surface area contributed by atoms with Crippen molar-refractivity contribution in [3.8, 4) is 5.75 Å². The number of benzene rings is 3. The van der Waals surface area contributed by atoms with E-state index in [2.05, 4.69) is 5.32 Å². The van der Waals surface area contributed by atoms with Crippen LogP contribution < -0.4 is 10.1 Å². The lowest BCUT2D eigenvalue weighted by Gasteiger charge is -2.09. The van der Waals surface area contributed by atoms with Crippen LogP contribution in [0.3, 0.4) is 0 Å². The second kappa shape index (κ2) is 9.33. The fourth-order valence-electron chi connectivity index (χ4n) is 2.70. The molecule has 0 aromatic heterocycles. The number of carbonyl (C=O) groups is 2. The summed E-state index contributed by atoms with van der Waals surface area (Å²) in [4.78, 5) is 23.7. The summed E-state index contributed by atoms with van der Waals surface area (Å²) in [5.41, 5.74) is 3.00. The van der Waals surface area contributed by atoms with Crippen LogP contribution in [0, 0.1) is 0 Å². The third-order valence-electron chi connectivity index (χ3n) is 4.04. The average molecular weight is 371 g/mol. The van der Waals surface area contributed by atoms with Gasteiger partial charge >= 0.3 is 0 Å². The highest BCUT2D eigenvalue weighted by Crippen LogP contribution is 2.21. The van der Waals surface area contributed by atoms with Crippen molar-refractivity contribution in [2.45, 2.75) is 13.5 Å². The fourth-order valence-corrected chi connectivity index (χ4v) is 2.70. The Kier molecular flexibility index (Phi) is 6.37. The van der Waals surface area contributed by atoms with E-state index in [0.717, 1.165) is 11.1 Å². The summed E-state index contributed by atoms with van der Waals surface area (Å²) in [6.45, 7) is 1.89. The number of nitrogens with one attached hydrogen (secondary N) is 1. The molecule has 0 atom stereocenters. The van der Waals surface area contributed by atoms with Crippen LogP contribution in [0.15, 0.2) is 84.9 Å². The number of allylic oxidation sites excluding steroid dienone is 1. The van der Waals surface area contributed by atoms with Crippen molar-refractivity contribution in [1.29, 1.82) is 0 Å². The lowest BCUT2D eigenvalue weighted by Crippen LogP contribution is -2.06. The van der Waals surface area contributed by atoms with E-state index in [-0.39, 0.29) is 11.7 Å². The van der Waals surface area contributed by atoms with Crippen molar-refractivity contribution in [3.63, 3.8) is 0 Å². The number of carbonyl (C=O) groups excluding carboxylic acids is 2. The van der Waals surface area contributed by atoms with Crippen LogP contribution in [-0.2, 0) is 11.4 Å². The van der Waals surface area contributed by atoms with E-state index in [9.17, 15) is 9.59 Å². The second-order valence-electron chi connectivity index (χ2n) is 6.27. The summed E-state index contributed by atoms with van der Waals surface area (Å²) in [5.74, 6) is 0.386. The molecular formula is C24H21NO3. The van der Waals surface area contributed by atoms with Gasteiger partial charge in [-0.2, -0.15) is 0 Å². The smallest absolute Gasteiger partial charge is 0.221 e. The van der Waals surface area contributed by atoms with Gasteiger partial charge < -0.3 is 10.1 Å². The van der Waals surface area contributed by atoms with Gasteiger partial charge in [0.25, 0.3) is 0 Å². The summed E-state index contributed by atoms with van der Waals surface area (Å²) in [7, 11) is 0. The van der Waals surface area contributed by atoms with Crippen molar-refractivity contribution < 1.29 is 14.3 Å². The van der Waals surface area contributed by atoms with Gasteiger partial charge in [0.05, 0.1) is 0 Å². The molecule has 0 saturated heterocycles. The maximum Gasteiger partial charge on any atom is 0.221 e. The normalized spacial score (nSPS) is 10.6. The summed E-state index contributed by atoms with van der Waals surface area (Å²) >= 11 is 0. The monoisotopic (exact) mass is 371 g/mol. The number of para-hydroxylation sites is 1. The second-order valence-corrected chi connectivity index (χ2v) is 6.27. The van der Waals surface area contributed by atoms with Gasteiger partial charge in [0.1, 0.15) is 12.4 Å². The molecule has 0 fully saturated rings. The van der Waals surface area contributed by atoms with Crippen molar-refractivity contribution in [1.82, 2.24) is 0 Å². The number of ketones is 1. The fraction of sp³-hybridized carbons (Fsp3) is 0.0833. The lowest BCUT2D eigenvalue weighted by molar-refractivity contribution is -0.114. The quantitative estimate of drug-likeness (QED) is 0.463. The van der Waals surface area contributed by atoms with Gasteiger partial charge in [0, 0.05) is 23.7 Å². The SMILES string of the molecule is CC(=O)Nc1cccc(C(=O)/C=C/c2ccccc2OCc2ccccc2)c1. The molecule has 28 heavy (non-hydrogen) atoms. The maximum absolute atomic E-state index is 12.5. The summed E-state index contributed by atoms with van der Waals surface area (Å²) in [6, 6.07) is 24.4. The molecule has 3 aromatic carbocycles. The number of rotatable bonds is 7. The Morgan fingerprint density at radius 1 is 0.929 bits per heavy atom. The molecule has 0 heterocycles. The van der Waals surface area contributed by atoms with Gasteiger partial charge in [0.2, 0.25) is 5.91 Å². The van der Waals surface area contributed by atoms with E-state index < -0.39 is 0 Å². The van der Waals surface area contributed by atoms with Crippen LogP contribution in [0.2, 0.25) is 0 Å². The van der Waals surface area contributed by atoms with E-state index >= 15 is 0 Å². The van der Waals surface area contributed by atoms with Crippen molar-refractivity contribution >= 4 is 23.5 Å². The molecule has 0 saturated carbocycles. The highest BCUT2D eigenvalue weighted by Gasteiger charge is 2.05. The standard InChI is InChI=1S/C24H21NO3/c1-18(26)25-22-12-7-11-21(16-22)23(27)15-14-20-10-5-6-13-24(20)28-17-19-8-3-2-4-9-19/h2-16H,17H2,1H3,(H,25,26)/b15-14+. The van der Waals surface area contributed by atoms with E-state index in [1.807, 2.05) is 54.6 Å². The molecule has 1 N–H and O–H groups in total. The molecule has 0 aliphatic carbocycles. The minimum Gasteiger partial charge on any atom is -0.488 e. The zero-order valence-corrected chi connectivity index (χ0v) is 15.6. The van der Waals surface area contributed by atoms with Crippen molar-refractivity contribution in [2.75, 3.05) is 5.32 Å². The number of ether oxygens (including phenoxy) is 1. The Balaban J connectivity index is 1.72. The van der Waals surface area contributed by atoms with Gasteiger partial charge in [-0.05, 0) is 35.9 Å². The molecule has 4 nitrogen and oxygen atoms in total. The van der Waals surface area contributed by atoms with E-state index in [0.29, 0.717) is 23.6 Å². The molecule has 0 aliphatic rings. The number of hydrogen-bond donors (Lipinski definition) is 1. The van der Waals surface area contributed by atoms with Crippen LogP contribution >= 0.6 is 0 Å². The number of amides is 1. The van der Waals surface area contributed by atoms with E-state index in [4.69, 9.17) is 4.74 Å². The summed E-state index contributed by atoms with van der Waals surface area (Å²) < 4.78 is 5.91. The zero-order chi connectivity index (χ0) is 19.8. The van der Waals surface area contributed by atoms with Gasteiger partial charge in [-0.15, -0.1) is 0 Å². The van der Waals surface area contributed by atoms with E-state index in [1.54, 1.807) is 30.3 Å². The van der Waals surface area contributed by atoms with Crippen molar-refractivity contribution in [3.05, 3.63) is 102 Å². The Morgan fingerprint density at radius 2 is 1.68 bits per heavy atom. The van der Waals surface area contributed by atoms with Gasteiger partial charge in [-0.3, -0.25) is 9.59 Å². The minimum atomic E-state index is -0.176. The zero-order valence-electron chi connectivity index (χ0n) is 15.6. The third kappa shape index (κ3) is 5.42. The Bertz CT molecular complexity index is 993. The molecule has 4 heteroatoms. The topological polar surface area (TPSA) is 55.4 Å². The molecule has 140 valence electrons. The first-order valence-corrected chi connectivity index (χ1v) is 8.97. The predicted octanol–water partition coefficient (Wildman–Crippen LogP) is 5.12. The molecule has 0 aliphatic heterocycles. The average Bonchev–Trinajstić information content (AvgIpc) is 2.71. The molecule has 0 bridgehead atoms. The maximum atomic E-state index is 12.5. The molecule has 0 spiro atoms. The Labute approximate surface area is 164 Å². The van der Waals surface area contributed by atoms with Crippen LogP contribution in [0.4, 0.5) is 5.69 Å². The van der Waals surface area contributed by atoms with Crippen molar-refractivity contribution in [2.24, 2.45) is 0 Å². The Hall–Kier alpha value is -3.66. The molecule has 0 unspecified atom stereocenters. The summed E-state index contributed by atoms with van der Waals surface area (Å²) in [6.07, 6.45) is 3.26. The molecule has 3 rings (SSSR count). The third-order valence-corrected chi connectivity index (χ3v) is 4.04. The highest BCUT2D eigenvalue weighted by molar-refractivity contribution is 6.07. The van der Waals surface area contributed by atoms with Gasteiger partial charge in [-0.25, -0.2) is 0 Å². The van der Waals surface area contributed by atoms with Crippen LogP contribution in [0.5, 0.6) is 5.75 Å². The van der Waals surface area contributed by atoms with Crippen LogP contribution in [0.1, 0.15) is 28.4 Å². The number of hydrogen-bond acceptors (Lipinski definition) is 3. The highest BCUT2D eigenvalue weighted by atomic mass is 16.5. The molecule has 1 amide bonds. The lowest BCUT2D eigenvalue weighted by atomic mass is 10.1. The summed E-state index contributed by atoms with van der Waals surface area (Å²) in [5, 5.41) is 2.68.